The van der Waals surface area contributed by atoms with Gasteiger partial charge in [0.15, 0.2) is 0 Å². The summed E-state index contributed by atoms with van der Waals surface area (Å²) in [5.74, 6) is -0.970. The Morgan fingerprint density at radius 2 is 1.96 bits per heavy atom. The predicted molar refractivity (Wildman–Crippen MR) is 85.2 cm³/mol. The SMILES string of the molecule is NC(=O)NC(=O)CCNC(=O)C1CCCN1Cc1ccc(F)cc1. The molecule has 1 saturated heterocycles. The van der Waals surface area contributed by atoms with E-state index in [1.807, 2.05) is 10.2 Å². The molecule has 0 bridgehead atoms. The zero-order chi connectivity index (χ0) is 17.5. The molecule has 1 heterocycles. The van der Waals surface area contributed by atoms with E-state index >= 15 is 0 Å². The van der Waals surface area contributed by atoms with Crippen LogP contribution in [0.5, 0.6) is 0 Å². The van der Waals surface area contributed by atoms with Crippen LogP contribution < -0.4 is 16.4 Å². The average Bonchev–Trinajstić information content (AvgIpc) is 2.97. The first-order chi connectivity index (χ1) is 11.5. The lowest BCUT2D eigenvalue weighted by molar-refractivity contribution is -0.125. The molecule has 4 amide bonds. The summed E-state index contributed by atoms with van der Waals surface area (Å²) in [4.78, 5) is 36.1. The lowest BCUT2D eigenvalue weighted by Crippen LogP contribution is -2.44. The van der Waals surface area contributed by atoms with Gasteiger partial charge in [0, 0.05) is 19.5 Å². The Labute approximate surface area is 139 Å². The highest BCUT2D eigenvalue weighted by molar-refractivity contribution is 5.93. The molecule has 1 aromatic carbocycles. The summed E-state index contributed by atoms with van der Waals surface area (Å²) in [7, 11) is 0. The topological polar surface area (TPSA) is 105 Å². The molecule has 130 valence electrons. The van der Waals surface area contributed by atoms with E-state index < -0.39 is 11.9 Å². The van der Waals surface area contributed by atoms with Crippen molar-refractivity contribution in [3.63, 3.8) is 0 Å². The number of urea groups is 1. The molecule has 2 rings (SSSR count). The third kappa shape index (κ3) is 5.31. The number of primary amides is 1. The van der Waals surface area contributed by atoms with Crippen LogP contribution in [0, 0.1) is 5.82 Å². The van der Waals surface area contributed by atoms with Gasteiger partial charge in [0.2, 0.25) is 11.8 Å². The maximum Gasteiger partial charge on any atom is 0.318 e. The van der Waals surface area contributed by atoms with Crippen molar-refractivity contribution >= 4 is 17.8 Å². The monoisotopic (exact) mass is 336 g/mol. The van der Waals surface area contributed by atoms with Crippen LogP contribution in [0.15, 0.2) is 24.3 Å². The second-order valence-electron chi connectivity index (χ2n) is 5.71. The van der Waals surface area contributed by atoms with Crippen molar-refractivity contribution in [3.05, 3.63) is 35.6 Å². The molecule has 1 aliphatic heterocycles. The van der Waals surface area contributed by atoms with E-state index in [-0.39, 0.29) is 30.7 Å². The highest BCUT2D eigenvalue weighted by Gasteiger charge is 2.30. The van der Waals surface area contributed by atoms with Crippen LogP contribution in [0.3, 0.4) is 0 Å². The minimum Gasteiger partial charge on any atom is -0.354 e. The average molecular weight is 336 g/mol. The minimum absolute atomic E-state index is 0.0145. The van der Waals surface area contributed by atoms with Crippen molar-refractivity contribution in [2.75, 3.05) is 13.1 Å². The highest BCUT2D eigenvalue weighted by Crippen LogP contribution is 2.20. The van der Waals surface area contributed by atoms with E-state index in [2.05, 4.69) is 5.32 Å². The van der Waals surface area contributed by atoms with Crippen LogP contribution in [0.2, 0.25) is 0 Å². The van der Waals surface area contributed by atoms with Crippen LogP contribution >= 0.6 is 0 Å². The number of nitrogens with two attached hydrogens (primary N) is 1. The summed E-state index contributed by atoms with van der Waals surface area (Å²) in [6, 6.07) is 5.03. The molecule has 8 heteroatoms. The Bertz CT molecular complexity index is 606. The molecule has 24 heavy (non-hydrogen) atoms. The Balaban J connectivity index is 1.81. The molecule has 0 radical (unpaired) electrons. The van der Waals surface area contributed by atoms with E-state index in [0.717, 1.165) is 24.9 Å². The van der Waals surface area contributed by atoms with E-state index in [1.165, 1.54) is 12.1 Å². The zero-order valence-corrected chi connectivity index (χ0v) is 13.3. The fourth-order valence-electron chi connectivity index (χ4n) is 2.75. The molecule has 7 nitrogen and oxygen atoms in total. The van der Waals surface area contributed by atoms with E-state index in [4.69, 9.17) is 5.73 Å². The molecule has 4 N–H and O–H groups in total. The zero-order valence-electron chi connectivity index (χ0n) is 13.3. The number of benzene rings is 1. The van der Waals surface area contributed by atoms with Crippen molar-refractivity contribution in [1.82, 2.24) is 15.5 Å². The molecular formula is C16H21FN4O3. The molecular weight excluding hydrogens is 315 g/mol. The number of likely N-dealkylation sites (tertiary alicyclic amines) is 1. The molecule has 1 fully saturated rings. The second kappa shape index (κ2) is 8.39. The van der Waals surface area contributed by atoms with Crippen molar-refractivity contribution in [2.45, 2.75) is 31.8 Å². The fourth-order valence-corrected chi connectivity index (χ4v) is 2.75. The molecule has 0 saturated carbocycles. The summed E-state index contributed by atoms with van der Waals surface area (Å²) < 4.78 is 12.9. The molecule has 1 atom stereocenters. The number of carbonyl (C=O) groups is 3. The van der Waals surface area contributed by atoms with Gasteiger partial charge >= 0.3 is 6.03 Å². The molecule has 1 unspecified atom stereocenters. The van der Waals surface area contributed by atoms with Crippen LogP contribution in [0.4, 0.5) is 9.18 Å². The van der Waals surface area contributed by atoms with Gasteiger partial charge < -0.3 is 11.1 Å². The van der Waals surface area contributed by atoms with E-state index in [1.54, 1.807) is 12.1 Å². The summed E-state index contributed by atoms with van der Waals surface area (Å²) in [5.41, 5.74) is 5.78. The smallest absolute Gasteiger partial charge is 0.318 e. The predicted octanol–water partition coefficient (Wildman–Crippen LogP) is 0.491. The molecule has 0 spiro atoms. The van der Waals surface area contributed by atoms with Gasteiger partial charge in [0.05, 0.1) is 6.04 Å². The van der Waals surface area contributed by atoms with Crippen LogP contribution in [-0.4, -0.2) is 41.9 Å². The van der Waals surface area contributed by atoms with Crippen LogP contribution in [-0.2, 0) is 16.1 Å². The number of nitrogens with one attached hydrogen (secondary N) is 2. The second-order valence-corrected chi connectivity index (χ2v) is 5.71. The number of carbonyl (C=O) groups excluding carboxylic acids is 3. The first kappa shape index (κ1) is 17.9. The fraction of sp³-hybridized carbons (Fsp3) is 0.438. The van der Waals surface area contributed by atoms with Crippen molar-refractivity contribution < 1.29 is 18.8 Å². The van der Waals surface area contributed by atoms with Gasteiger partial charge in [-0.1, -0.05) is 12.1 Å². The first-order valence-electron chi connectivity index (χ1n) is 7.81. The van der Waals surface area contributed by atoms with E-state index in [0.29, 0.717) is 6.54 Å². The Kier molecular flexibility index (Phi) is 6.25. The summed E-state index contributed by atoms with van der Waals surface area (Å²) in [5, 5.41) is 4.64. The summed E-state index contributed by atoms with van der Waals surface area (Å²) in [6.45, 7) is 1.50. The lowest BCUT2D eigenvalue weighted by atomic mass is 10.1. The van der Waals surface area contributed by atoms with Gasteiger partial charge in [0.1, 0.15) is 5.82 Å². The maximum absolute atomic E-state index is 12.9. The van der Waals surface area contributed by atoms with Gasteiger partial charge in [-0.3, -0.25) is 19.8 Å². The first-order valence-corrected chi connectivity index (χ1v) is 7.81. The Morgan fingerprint density at radius 3 is 2.62 bits per heavy atom. The number of hydrogen-bond donors (Lipinski definition) is 3. The van der Waals surface area contributed by atoms with Crippen molar-refractivity contribution in [3.8, 4) is 0 Å². The van der Waals surface area contributed by atoms with E-state index in [9.17, 15) is 18.8 Å². The molecule has 1 aromatic rings. The summed E-state index contributed by atoms with van der Waals surface area (Å²) >= 11 is 0. The van der Waals surface area contributed by atoms with Gasteiger partial charge in [-0.25, -0.2) is 9.18 Å². The quantitative estimate of drug-likeness (QED) is 0.703. The Morgan fingerprint density at radius 1 is 1.25 bits per heavy atom. The highest BCUT2D eigenvalue weighted by atomic mass is 19.1. The van der Waals surface area contributed by atoms with Crippen molar-refractivity contribution in [1.29, 1.82) is 0 Å². The van der Waals surface area contributed by atoms with Crippen LogP contribution in [0.25, 0.3) is 0 Å². The minimum atomic E-state index is -0.910. The Hall–Kier alpha value is -2.48. The van der Waals surface area contributed by atoms with Gasteiger partial charge in [-0.2, -0.15) is 0 Å². The maximum atomic E-state index is 12.9. The normalized spacial score (nSPS) is 17.5. The number of amides is 4. The summed E-state index contributed by atoms with van der Waals surface area (Å²) in [6.07, 6.45) is 1.63. The number of halogens is 1. The number of imide groups is 1. The third-order valence-corrected chi connectivity index (χ3v) is 3.88. The number of nitrogens with zero attached hydrogens (tertiary/aromatic N) is 1. The number of hydrogen-bond acceptors (Lipinski definition) is 4. The molecule has 0 aromatic heterocycles. The van der Waals surface area contributed by atoms with Gasteiger partial charge in [-0.05, 0) is 37.1 Å². The number of rotatable bonds is 6. The third-order valence-electron chi connectivity index (χ3n) is 3.88. The lowest BCUT2D eigenvalue weighted by Gasteiger charge is -2.23. The molecule has 0 aliphatic carbocycles. The molecule has 1 aliphatic rings. The standard InChI is InChI=1S/C16H21FN4O3/c17-12-5-3-11(4-6-12)10-21-9-1-2-13(21)15(23)19-8-7-14(22)20-16(18)24/h3-6,13H,1-2,7-10H2,(H,19,23)(H3,18,20,22,24). The van der Waals surface area contributed by atoms with Gasteiger partial charge in [-0.15, -0.1) is 0 Å². The van der Waals surface area contributed by atoms with Crippen LogP contribution in [0.1, 0.15) is 24.8 Å². The van der Waals surface area contributed by atoms with Crippen molar-refractivity contribution in [2.24, 2.45) is 5.73 Å². The largest absolute Gasteiger partial charge is 0.354 e. The van der Waals surface area contributed by atoms with Gasteiger partial charge in [0.25, 0.3) is 0 Å².